The van der Waals surface area contributed by atoms with Crippen molar-refractivity contribution >= 4 is 41.7 Å². The monoisotopic (exact) mass is 402 g/mol. The second-order valence-corrected chi connectivity index (χ2v) is 5.94. The molecule has 1 aliphatic rings. The minimum atomic E-state index is -1.01. The molecule has 5 nitrogen and oxygen atoms in total. The molecule has 2 amide bonds. The van der Waals surface area contributed by atoms with E-state index < -0.39 is 29.7 Å². The molecule has 0 aromatic heterocycles. The molecule has 0 bridgehead atoms. The zero-order valence-electron chi connectivity index (χ0n) is 13.2. The first-order valence-corrected chi connectivity index (χ1v) is 7.78. The van der Waals surface area contributed by atoms with Gasteiger partial charge in [-0.3, -0.25) is 4.79 Å². The van der Waals surface area contributed by atoms with Gasteiger partial charge < -0.3 is 15.8 Å². The lowest BCUT2D eigenvalue weighted by Crippen LogP contribution is -2.17. The first-order valence-electron chi connectivity index (χ1n) is 7.40. The molecule has 2 aromatic carbocycles. The number of hydrogen-bond donors (Lipinski definition) is 2. The molecule has 0 heterocycles. The van der Waals surface area contributed by atoms with Crippen molar-refractivity contribution in [1.82, 2.24) is 0 Å². The quantitative estimate of drug-likeness (QED) is 0.799. The Morgan fingerprint density at radius 1 is 1.19 bits per heavy atom. The molecule has 1 aliphatic carbocycles. The Bertz CT molecular complexity index is 877. The van der Waals surface area contributed by atoms with Crippen LogP contribution in [0.2, 0.25) is 5.02 Å². The number of nitrogens with one attached hydrogen (secondary N) is 1. The lowest BCUT2D eigenvalue weighted by molar-refractivity contribution is 0.102. The maximum absolute atomic E-state index is 14.1. The molecule has 0 aliphatic heterocycles. The number of benzene rings is 2. The predicted octanol–water partition coefficient (Wildman–Crippen LogP) is 4.37. The third-order valence-electron chi connectivity index (χ3n) is 3.96. The van der Waals surface area contributed by atoms with Crippen molar-refractivity contribution in [3.8, 4) is 0 Å². The SMILES string of the molecule is Cl.NC(=O)O[C@H]1CCc2c(C(=O)Nc3ccc(F)c(Cl)c3)ccc(F)c21. The lowest BCUT2D eigenvalue weighted by atomic mass is 10.0. The smallest absolute Gasteiger partial charge is 0.405 e. The molecule has 0 radical (unpaired) electrons. The number of hydrogen-bond acceptors (Lipinski definition) is 3. The minimum Gasteiger partial charge on any atom is -0.441 e. The fourth-order valence-electron chi connectivity index (χ4n) is 2.92. The van der Waals surface area contributed by atoms with Crippen LogP contribution < -0.4 is 11.1 Å². The van der Waals surface area contributed by atoms with Crippen molar-refractivity contribution in [2.75, 3.05) is 5.32 Å². The highest BCUT2D eigenvalue weighted by Gasteiger charge is 2.32. The van der Waals surface area contributed by atoms with Crippen LogP contribution in [0.5, 0.6) is 0 Å². The second-order valence-electron chi connectivity index (χ2n) is 5.53. The van der Waals surface area contributed by atoms with E-state index in [1.54, 1.807) is 0 Å². The van der Waals surface area contributed by atoms with Crippen LogP contribution in [0.3, 0.4) is 0 Å². The Balaban J connectivity index is 0.00000243. The summed E-state index contributed by atoms with van der Waals surface area (Å²) in [5.41, 5.74) is 6.16. The van der Waals surface area contributed by atoms with Crippen molar-refractivity contribution in [1.29, 1.82) is 0 Å². The fourth-order valence-corrected chi connectivity index (χ4v) is 3.10. The maximum Gasteiger partial charge on any atom is 0.405 e. The third kappa shape index (κ3) is 3.89. The van der Waals surface area contributed by atoms with Gasteiger partial charge in [-0.1, -0.05) is 11.6 Å². The van der Waals surface area contributed by atoms with Crippen molar-refractivity contribution in [3.05, 3.63) is 63.7 Å². The normalized spacial score (nSPS) is 15.0. The fraction of sp³-hybridized carbons (Fsp3) is 0.176. The van der Waals surface area contributed by atoms with Crippen molar-refractivity contribution in [2.45, 2.75) is 18.9 Å². The van der Waals surface area contributed by atoms with Crippen LogP contribution in [0.4, 0.5) is 19.3 Å². The van der Waals surface area contributed by atoms with Gasteiger partial charge in [-0.25, -0.2) is 13.6 Å². The highest BCUT2D eigenvalue weighted by atomic mass is 35.5. The molecule has 2 aromatic rings. The van der Waals surface area contributed by atoms with Crippen LogP contribution in [-0.2, 0) is 11.2 Å². The van der Waals surface area contributed by atoms with Crippen molar-refractivity contribution < 1.29 is 23.1 Å². The van der Waals surface area contributed by atoms with E-state index in [1.807, 2.05) is 0 Å². The van der Waals surface area contributed by atoms with Crippen LogP contribution >= 0.6 is 24.0 Å². The van der Waals surface area contributed by atoms with Gasteiger partial charge >= 0.3 is 6.09 Å². The largest absolute Gasteiger partial charge is 0.441 e. The standard InChI is InChI=1S/C17H13ClF2N2O3.ClH/c18-11-7-8(1-4-12(11)19)22-16(23)10-2-5-13(20)15-9(10)3-6-14(15)25-17(21)24;/h1-2,4-5,7,14H,3,6H2,(H2,21,24)(H,22,23);1H/t14-;/m0./s1. The second kappa shape index (κ2) is 7.88. The number of amides is 2. The summed E-state index contributed by atoms with van der Waals surface area (Å²) in [6.07, 6.45) is -1.13. The molecule has 9 heteroatoms. The van der Waals surface area contributed by atoms with Crippen molar-refractivity contribution in [2.24, 2.45) is 5.73 Å². The van der Waals surface area contributed by atoms with Gasteiger partial charge in [0.1, 0.15) is 17.7 Å². The highest BCUT2D eigenvalue weighted by molar-refractivity contribution is 6.31. The van der Waals surface area contributed by atoms with Crippen LogP contribution in [0.15, 0.2) is 30.3 Å². The Morgan fingerprint density at radius 2 is 1.88 bits per heavy atom. The summed E-state index contributed by atoms with van der Waals surface area (Å²) in [5, 5.41) is 2.46. The van der Waals surface area contributed by atoms with Crippen LogP contribution in [0, 0.1) is 11.6 Å². The Kier molecular flexibility index (Phi) is 6.05. The van der Waals surface area contributed by atoms with Crippen LogP contribution in [0.25, 0.3) is 0 Å². The number of carbonyl (C=O) groups is 2. The van der Waals surface area contributed by atoms with Crippen molar-refractivity contribution in [3.63, 3.8) is 0 Å². The Hall–Kier alpha value is -2.38. The van der Waals surface area contributed by atoms with Gasteiger partial charge in [0.2, 0.25) is 0 Å². The molecule has 0 saturated heterocycles. The molecule has 3 rings (SSSR count). The lowest BCUT2D eigenvalue weighted by Gasteiger charge is -2.14. The van der Waals surface area contributed by atoms with E-state index >= 15 is 0 Å². The maximum atomic E-state index is 14.1. The summed E-state index contributed by atoms with van der Waals surface area (Å²) < 4.78 is 32.2. The Labute approximate surface area is 158 Å². The summed E-state index contributed by atoms with van der Waals surface area (Å²) in [7, 11) is 0. The van der Waals surface area contributed by atoms with Crippen LogP contribution in [0.1, 0.15) is 34.0 Å². The number of nitrogens with two attached hydrogens (primary N) is 1. The van der Waals surface area contributed by atoms with E-state index in [4.69, 9.17) is 22.1 Å². The van der Waals surface area contributed by atoms with E-state index in [1.165, 1.54) is 18.2 Å². The average Bonchev–Trinajstić information content (AvgIpc) is 2.95. The highest BCUT2D eigenvalue weighted by Crippen LogP contribution is 2.38. The van der Waals surface area contributed by atoms with E-state index in [9.17, 15) is 18.4 Å². The topological polar surface area (TPSA) is 81.4 Å². The molecular weight excluding hydrogens is 389 g/mol. The summed E-state index contributed by atoms with van der Waals surface area (Å²) in [4.78, 5) is 23.5. The summed E-state index contributed by atoms with van der Waals surface area (Å²) in [6, 6.07) is 6.25. The van der Waals surface area contributed by atoms with Crippen LogP contribution in [-0.4, -0.2) is 12.0 Å². The van der Waals surface area contributed by atoms with Gasteiger partial charge in [0.05, 0.1) is 5.02 Å². The molecule has 26 heavy (non-hydrogen) atoms. The number of carbonyl (C=O) groups excluding carboxylic acids is 2. The first-order chi connectivity index (χ1) is 11.9. The van der Waals surface area contributed by atoms with Gasteiger partial charge in [-0.2, -0.15) is 0 Å². The summed E-state index contributed by atoms with van der Waals surface area (Å²) in [5.74, 6) is -1.67. The van der Waals surface area contributed by atoms with Gasteiger partial charge in [0.15, 0.2) is 0 Å². The zero-order valence-corrected chi connectivity index (χ0v) is 14.8. The summed E-state index contributed by atoms with van der Waals surface area (Å²) >= 11 is 5.69. The van der Waals surface area contributed by atoms with E-state index in [-0.39, 0.29) is 28.6 Å². The third-order valence-corrected chi connectivity index (χ3v) is 4.25. The predicted molar refractivity (Wildman–Crippen MR) is 94.7 cm³/mol. The van der Waals surface area contributed by atoms with Gasteiger partial charge in [0.25, 0.3) is 5.91 Å². The van der Waals surface area contributed by atoms with E-state index in [2.05, 4.69) is 5.32 Å². The molecule has 138 valence electrons. The average molecular weight is 403 g/mol. The molecule has 3 N–H and O–H groups in total. The zero-order chi connectivity index (χ0) is 18.1. The van der Waals surface area contributed by atoms with E-state index in [0.717, 1.165) is 12.1 Å². The van der Waals surface area contributed by atoms with Gasteiger partial charge in [-0.05, 0) is 48.7 Å². The number of primary amides is 1. The first kappa shape index (κ1) is 19.9. The molecule has 1 atom stereocenters. The Morgan fingerprint density at radius 3 is 2.54 bits per heavy atom. The molecule has 0 unspecified atom stereocenters. The molecule has 0 spiro atoms. The minimum absolute atomic E-state index is 0. The molecular formula is C17H14Cl2F2N2O3. The molecule has 0 fully saturated rings. The number of anilines is 1. The molecule has 0 saturated carbocycles. The number of fused-ring (bicyclic) bond motifs is 1. The number of halogens is 4. The number of ether oxygens (including phenoxy) is 1. The van der Waals surface area contributed by atoms with Gasteiger partial charge in [-0.15, -0.1) is 12.4 Å². The van der Waals surface area contributed by atoms with Gasteiger partial charge in [0, 0.05) is 16.8 Å². The summed E-state index contributed by atoms with van der Waals surface area (Å²) in [6.45, 7) is 0. The number of rotatable bonds is 3. The van der Waals surface area contributed by atoms with E-state index in [0.29, 0.717) is 24.1 Å².